The zero-order valence-corrected chi connectivity index (χ0v) is 12.9. The molecule has 3 unspecified atom stereocenters. The summed E-state index contributed by atoms with van der Waals surface area (Å²) in [7, 11) is 2.00. The Bertz CT molecular complexity index is 383. The highest BCUT2D eigenvalue weighted by atomic mass is 15.2. The molecule has 3 nitrogen and oxygen atoms in total. The molecule has 0 amide bonds. The Morgan fingerprint density at radius 2 is 2.16 bits per heavy atom. The first-order valence-electron chi connectivity index (χ1n) is 7.76. The van der Waals surface area contributed by atoms with Gasteiger partial charge < -0.3 is 5.32 Å². The summed E-state index contributed by atoms with van der Waals surface area (Å²) in [4.78, 5) is 0. The van der Waals surface area contributed by atoms with Gasteiger partial charge in [-0.2, -0.15) is 5.10 Å². The average Bonchev–Trinajstić information content (AvgIpc) is 2.73. The van der Waals surface area contributed by atoms with E-state index >= 15 is 0 Å². The van der Waals surface area contributed by atoms with Crippen molar-refractivity contribution in [3.63, 3.8) is 0 Å². The van der Waals surface area contributed by atoms with Crippen LogP contribution in [0.15, 0.2) is 12.3 Å². The van der Waals surface area contributed by atoms with Gasteiger partial charge in [0.2, 0.25) is 0 Å². The lowest BCUT2D eigenvalue weighted by Gasteiger charge is -2.35. The van der Waals surface area contributed by atoms with E-state index in [0.29, 0.717) is 6.04 Å². The summed E-state index contributed by atoms with van der Waals surface area (Å²) in [6, 6.07) is 2.77. The Labute approximate surface area is 117 Å². The lowest BCUT2D eigenvalue weighted by molar-refractivity contribution is 0.180. The molecule has 1 aromatic heterocycles. The van der Waals surface area contributed by atoms with Crippen molar-refractivity contribution in [3.05, 3.63) is 18.0 Å². The number of nitrogens with zero attached hydrogens (tertiary/aromatic N) is 2. The third-order valence-electron chi connectivity index (χ3n) is 4.43. The van der Waals surface area contributed by atoms with Crippen LogP contribution in [0.2, 0.25) is 0 Å². The van der Waals surface area contributed by atoms with Gasteiger partial charge in [0, 0.05) is 19.3 Å². The zero-order valence-electron chi connectivity index (χ0n) is 12.9. The molecule has 1 aromatic rings. The van der Waals surface area contributed by atoms with Crippen LogP contribution in [-0.2, 0) is 13.5 Å². The van der Waals surface area contributed by atoms with E-state index in [0.717, 1.165) is 24.2 Å². The Kier molecular flexibility index (Phi) is 5.03. The summed E-state index contributed by atoms with van der Waals surface area (Å²) in [5, 5.41) is 8.18. The van der Waals surface area contributed by atoms with E-state index in [4.69, 9.17) is 0 Å². The third kappa shape index (κ3) is 4.34. The number of aromatic nitrogens is 2. The minimum Gasteiger partial charge on any atom is -0.314 e. The molecule has 3 atom stereocenters. The molecule has 0 aromatic carbocycles. The van der Waals surface area contributed by atoms with Crippen LogP contribution in [0.4, 0.5) is 0 Å². The van der Waals surface area contributed by atoms with Crippen LogP contribution in [0.25, 0.3) is 0 Å². The van der Waals surface area contributed by atoms with E-state index in [1.807, 2.05) is 11.7 Å². The van der Waals surface area contributed by atoms with Gasteiger partial charge in [-0.1, -0.05) is 27.2 Å². The summed E-state index contributed by atoms with van der Waals surface area (Å²) in [5.41, 5.74) is 1.26. The van der Waals surface area contributed by atoms with Crippen LogP contribution in [0.3, 0.4) is 0 Å². The number of rotatable bonds is 5. The van der Waals surface area contributed by atoms with Gasteiger partial charge in [0.25, 0.3) is 0 Å². The largest absolute Gasteiger partial charge is 0.314 e. The molecule has 2 rings (SSSR count). The van der Waals surface area contributed by atoms with Crippen LogP contribution >= 0.6 is 0 Å². The molecule has 1 heterocycles. The Hall–Kier alpha value is -0.830. The first-order valence-corrected chi connectivity index (χ1v) is 7.76. The van der Waals surface area contributed by atoms with Gasteiger partial charge in [-0.25, -0.2) is 0 Å². The summed E-state index contributed by atoms with van der Waals surface area (Å²) in [6.07, 6.45) is 7.33. The molecule has 1 saturated carbocycles. The molecule has 108 valence electrons. The maximum absolute atomic E-state index is 4.56. The summed E-state index contributed by atoms with van der Waals surface area (Å²) >= 11 is 0. The second kappa shape index (κ2) is 6.56. The molecule has 0 bridgehead atoms. The van der Waals surface area contributed by atoms with Crippen molar-refractivity contribution in [2.24, 2.45) is 24.8 Å². The molecule has 0 saturated heterocycles. The maximum atomic E-state index is 4.56. The highest BCUT2D eigenvalue weighted by Crippen LogP contribution is 2.35. The Balaban J connectivity index is 1.95. The predicted octanol–water partition coefficient (Wildman–Crippen LogP) is 3.01. The van der Waals surface area contributed by atoms with Gasteiger partial charge in [0.15, 0.2) is 0 Å². The first-order chi connectivity index (χ1) is 9.04. The molecule has 0 aliphatic heterocycles. The first kappa shape index (κ1) is 14.6. The summed E-state index contributed by atoms with van der Waals surface area (Å²) in [6.45, 7) is 8.04. The van der Waals surface area contributed by atoms with E-state index < -0.39 is 0 Å². The summed E-state index contributed by atoms with van der Waals surface area (Å²) < 4.78 is 1.92. The van der Waals surface area contributed by atoms with Gasteiger partial charge in [-0.15, -0.1) is 0 Å². The predicted molar refractivity (Wildman–Crippen MR) is 80.0 cm³/mol. The minimum absolute atomic E-state index is 0.592. The molecule has 1 fully saturated rings. The number of hydrogen-bond acceptors (Lipinski definition) is 2. The zero-order chi connectivity index (χ0) is 13.8. The van der Waals surface area contributed by atoms with Gasteiger partial charge in [0.05, 0.1) is 5.69 Å². The van der Waals surface area contributed by atoms with Crippen LogP contribution in [0.5, 0.6) is 0 Å². The van der Waals surface area contributed by atoms with E-state index in [1.54, 1.807) is 0 Å². The highest BCUT2D eigenvalue weighted by Gasteiger charge is 2.29. The normalized spacial score (nSPS) is 27.9. The van der Waals surface area contributed by atoms with Crippen LogP contribution in [-0.4, -0.2) is 22.4 Å². The Morgan fingerprint density at radius 1 is 1.37 bits per heavy atom. The second-order valence-electron chi connectivity index (χ2n) is 6.69. The lowest BCUT2D eigenvalue weighted by atomic mass is 9.72. The molecular formula is C16H29N3. The fraction of sp³-hybridized carbons (Fsp3) is 0.812. The van der Waals surface area contributed by atoms with Crippen LogP contribution < -0.4 is 5.32 Å². The molecule has 1 aliphatic rings. The quantitative estimate of drug-likeness (QED) is 0.885. The van der Waals surface area contributed by atoms with Gasteiger partial charge in [-0.3, -0.25) is 4.68 Å². The van der Waals surface area contributed by atoms with Crippen molar-refractivity contribution in [2.75, 3.05) is 6.54 Å². The molecular weight excluding hydrogens is 234 g/mol. The smallest absolute Gasteiger partial charge is 0.0627 e. The van der Waals surface area contributed by atoms with Crippen molar-refractivity contribution in [1.29, 1.82) is 0 Å². The summed E-state index contributed by atoms with van der Waals surface area (Å²) in [5.74, 6) is 2.49. The fourth-order valence-corrected chi connectivity index (χ4v) is 3.31. The maximum Gasteiger partial charge on any atom is 0.0627 e. The van der Waals surface area contributed by atoms with Crippen molar-refractivity contribution < 1.29 is 0 Å². The van der Waals surface area contributed by atoms with Gasteiger partial charge in [0.1, 0.15) is 0 Å². The fourth-order valence-electron chi connectivity index (χ4n) is 3.31. The molecule has 0 spiro atoms. The average molecular weight is 263 g/mol. The van der Waals surface area contributed by atoms with Gasteiger partial charge >= 0.3 is 0 Å². The molecule has 19 heavy (non-hydrogen) atoms. The molecule has 1 N–H and O–H groups in total. The van der Waals surface area contributed by atoms with Crippen LogP contribution in [0, 0.1) is 17.8 Å². The second-order valence-corrected chi connectivity index (χ2v) is 6.69. The third-order valence-corrected chi connectivity index (χ3v) is 4.43. The van der Waals surface area contributed by atoms with E-state index in [9.17, 15) is 0 Å². The Morgan fingerprint density at radius 3 is 2.79 bits per heavy atom. The van der Waals surface area contributed by atoms with E-state index in [-0.39, 0.29) is 0 Å². The van der Waals surface area contributed by atoms with Gasteiger partial charge in [-0.05, 0) is 49.6 Å². The topological polar surface area (TPSA) is 29.9 Å². The van der Waals surface area contributed by atoms with Crippen molar-refractivity contribution >= 4 is 0 Å². The molecule has 1 aliphatic carbocycles. The highest BCUT2D eigenvalue weighted by molar-refractivity contribution is 5.01. The molecule has 3 heteroatoms. The van der Waals surface area contributed by atoms with E-state index in [2.05, 4.69) is 43.4 Å². The van der Waals surface area contributed by atoms with E-state index in [1.165, 1.54) is 31.5 Å². The van der Waals surface area contributed by atoms with Crippen molar-refractivity contribution in [3.8, 4) is 0 Å². The molecule has 0 radical (unpaired) electrons. The van der Waals surface area contributed by atoms with Crippen molar-refractivity contribution in [2.45, 2.75) is 52.5 Å². The number of nitrogens with one attached hydrogen (secondary N) is 1. The monoisotopic (exact) mass is 263 g/mol. The number of hydrogen-bond donors (Lipinski definition) is 1. The standard InChI is InChI=1S/C16H29N3/c1-12(2)17-11-14-6-5-13(3)9-15(14)10-16-7-8-19(4)18-16/h7-8,12-15,17H,5-6,9-11H2,1-4H3. The SMILES string of the molecule is CC1CCC(CNC(C)C)C(Cc2ccn(C)n2)C1. The minimum atomic E-state index is 0.592. The van der Waals surface area contributed by atoms with Crippen LogP contribution in [0.1, 0.15) is 45.7 Å². The number of aryl methyl sites for hydroxylation is 1. The van der Waals surface area contributed by atoms with Crippen molar-refractivity contribution in [1.82, 2.24) is 15.1 Å². The lowest BCUT2D eigenvalue weighted by Crippen LogP contribution is -2.36.